The maximum Gasteiger partial charge on any atom is 0.226 e. The van der Waals surface area contributed by atoms with Crippen LogP contribution in [0.4, 0.5) is 0 Å². The van der Waals surface area contributed by atoms with Gasteiger partial charge in [0.25, 0.3) is 0 Å². The summed E-state index contributed by atoms with van der Waals surface area (Å²) in [5.74, 6) is 2.05. The highest BCUT2D eigenvalue weighted by molar-refractivity contribution is 5.85. The van der Waals surface area contributed by atoms with E-state index in [4.69, 9.17) is 14.1 Å². The summed E-state index contributed by atoms with van der Waals surface area (Å²) >= 11 is 0. The minimum absolute atomic E-state index is 0. The molecule has 7 heteroatoms. The zero-order valence-electron chi connectivity index (χ0n) is 16.5. The van der Waals surface area contributed by atoms with Gasteiger partial charge < -0.3 is 19.4 Å². The summed E-state index contributed by atoms with van der Waals surface area (Å²) in [6.45, 7) is 2.96. The molecule has 5 rings (SSSR count). The molecule has 0 spiro atoms. The van der Waals surface area contributed by atoms with Gasteiger partial charge in [-0.1, -0.05) is 30.3 Å². The molecule has 2 aromatic rings. The number of rotatable bonds is 3. The van der Waals surface area contributed by atoms with Crippen LogP contribution in [0.25, 0.3) is 0 Å². The largest absolute Gasteiger partial charge is 0.445 e. The molecule has 1 N–H and O–H groups in total. The lowest BCUT2D eigenvalue weighted by atomic mass is 9.82. The molecule has 6 nitrogen and oxygen atoms in total. The van der Waals surface area contributed by atoms with Crippen LogP contribution < -0.4 is 5.32 Å². The number of fused-ring (bicyclic) bond motifs is 2. The lowest BCUT2D eigenvalue weighted by Crippen LogP contribution is -2.53. The Bertz CT molecular complexity index is 841. The van der Waals surface area contributed by atoms with Crippen LogP contribution in [0.3, 0.4) is 0 Å². The minimum atomic E-state index is 0. The van der Waals surface area contributed by atoms with Crippen molar-refractivity contribution in [1.82, 2.24) is 15.2 Å². The molecule has 1 aliphatic carbocycles. The third kappa shape index (κ3) is 4.34. The van der Waals surface area contributed by atoms with Crippen molar-refractivity contribution < 1.29 is 13.9 Å². The lowest BCUT2D eigenvalue weighted by molar-refractivity contribution is -0.140. The molecule has 1 aromatic heterocycles. The average molecular weight is 418 g/mol. The van der Waals surface area contributed by atoms with Gasteiger partial charge in [-0.2, -0.15) is 0 Å². The van der Waals surface area contributed by atoms with Crippen molar-refractivity contribution in [3.05, 3.63) is 53.2 Å². The number of benzene rings is 1. The second-order valence-electron chi connectivity index (χ2n) is 8.13. The van der Waals surface area contributed by atoms with Crippen LogP contribution in [0.15, 0.2) is 34.7 Å². The van der Waals surface area contributed by atoms with Gasteiger partial charge in [-0.05, 0) is 24.8 Å². The fraction of sp³-hybridized carbons (Fsp3) is 0.545. The summed E-state index contributed by atoms with van der Waals surface area (Å²) in [6, 6.07) is 10.5. The maximum atomic E-state index is 13.1. The summed E-state index contributed by atoms with van der Waals surface area (Å²) in [5, 5.41) is 3.53. The topological polar surface area (TPSA) is 67.6 Å². The summed E-state index contributed by atoms with van der Waals surface area (Å²) < 4.78 is 11.8. The van der Waals surface area contributed by atoms with E-state index in [1.807, 2.05) is 23.1 Å². The highest BCUT2D eigenvalue weighted by Gasteiger charge is 2.38. The molecule has 2 fully saturated rings. The van der Waals surface area contributed by atoms with Gasteiger partial charge in [-0.3, -0.25) is 4.79 Å². The number of ether oxygens (including phenoxy) is 1. The second kappa shape index (κ2) is 8.86. The Kier molecular flexibility index (Phi) is 6.23. The van der Waals surface area contributed by atoms with E-state index in [1.54, 1.807) is 0 Å². The van der Waals surface area contributed by atoms with Crippen LogP contribution in [0.2, 0.25) is 0 Å². The summed E-state index contributed by atoms with van der Waals surface area (Å²) in [6.07, 6.45) is 4.50. The minimum Gasteiger partial charge on any atom is -0.445 e. The van der Waals surface area contributed by atoms with Crippen molar-refractivity contribution in [2.45, 2.75) is 50.8 Å². The number of oxazole rings is 1. The lowest BCUT2D eigenvalue weighted by Gasteiger charge is -2.40. The van der Waals surface area contributed by atoms with E-state index < -0.39 is 0 Å². The Morgan fingerprint density at radius 3 is 2.97 bits per heavy atom. The summed E-state index contributed by atoms with van der Waals surface area (Å²) in [4.78, 5) is 19.8. The normalized spacial score (nSPS) is 26.2. The van der Waals surface area contributed by atoms with Crippen molar-refractivity contribution in [2.75, 3.05) is 19.7 Å². The molecular weight excluding hydrogens is 390 g/mol. The fourth-order valence-electron chi connectivity index (χ4n) is 4.78. The predicted octanol–water partition coefficient (Wildman–Crippen LogP) is 2.73. The number of morpholine rings is 1. The number of aromatic nitrogens is 1. The molecule has 29 heavy (non-hydrogen) atoms. The molecule has 1 saturated heterocycles. The van der Waals surface area contributed by atoms with Crippen molar-refractivity contribution in [1.29, 1.82) is 0 Å². The van der Waals surface area contributed by atoms with Crippen LogP contribution in [0.1, 0.15) is 42.2 Å². The van der Waals surface area contributed by atoms with Crippen molar-refractivity contribution in [3.63, 3.8) is 0 Å². The van der Waals surface area contributed by atoms with E-state index in [2.05, 4.69) is 17.4 Å². The SMILES string of the molecule is Cl.O=C([C@H]1CC[C@H]2OCCN[C@@H]2C1)N1CCc2oc(Cc3ccccc3)nc2C1. The molecule has 1 amide bonds. The molecular formula is C22H28ClN3O3. The molecule has 3 aliphatic rings. The number of hydrogen-bond donors (Lipinski definition) is 1. The quantitative estimate of drug-likeness (QED) is 0.831. The van der Waals surface area contributed by atoms with Gasteiger partial charge >= 0.3 is 0 Å². The number of halogens is 1. The number of carbonyl (C=O) groups is 1. The number of amides is 1. The monoisotopic (exact) mass is 417 g/mol. The summed E-state index contributed by atoms with van der Waals surface area (Å²) in [7, 11) is 0. The molecule has 1 saturated carbocycles. The Labute approximate surface area is 177 Å². The fourth-order valence-corrected chi connectivity index (χ4v) is 4.78. The van der Waals surface area contributed by atoms with E-state index in [9.17, 15) is 4.79 Å². The van der Waals surface area contributed by atoms with Crippen LogP contribution in [-0.4, -0.2) is 47.6 Å². The van der Waals surface area contributed by atoms with Gasteiger partial charge in [-0.15, -0.1) is 12.4 Å². The van der Waals surface area contributed by atoms with Gasteiger partial charge in [0.15, 0.2) is 5.89 Å². The van der Waals surface area contributed by atoms with Gasteiger partial charge in [0.2, 0.25) is 5.91 Å². The first kappa shape index (κ1) is 20.4. The zero-order valence-corrected chi connectivity index (χ0v) is 17.3. The highest BCUT2D eigenvalue weighted by Crippen LogP contribution is 2.31. The Hall–Kier alpha value is -1.89. The van der Waals surface area contributed by atoms with Crippen molar-refractivity contribution in [2.24, 2.45) is 5.92 Å². The first-order valence-electron chi connectivity index (χ1n) is 10.4. The number of nitrogens with one attached hydrogen (secondary N) is 1. The van der Waals surface area contributed by atoms with Gasteiger partial charge in [0.05, 0.1) is 19.3 Å². The summed E-state index contributed by atoms with van der Waals surface area (Å²) in [5.41, 5.74) is 2.12. The molecule has 156 valence electrons. The Balaban J connectivity index is 0.00000205. The van der Waals surface area contributed by atoms with E-state index in [0.717, 1.165) is 62.7 Å². The predicted molar refractivity (Wildman–Crippen MR) is 111 cm³/mol. The highest BCUT2D eigenvalue weighted by atomic mass is 35.5. The van der Waals surface area contributed by atoms with E-state index in [0.29, 0.717) is 19.0 Å². The average Bonchev–Trinajstić information content (AvgIpc) is 3.15. The van der Waals surface area contributed by atoms with Gasteiger partial charge in [-0.25, -0.2) is 4.98 Å². The van der Waals surface area contributed by atoms with Crippen LogP contribution in [0.5, 0.6) is 0 Å². The van der Waals surface area contributed by atoms with E-state index in [-0.39, 0.29) is 30.3 Å². The molecule has 3 heterocycles. The second-order valence-corrected chi connectivity index (χ2v) is 8.13. The van der Waals surface area contributed by atoms with Crippen LogP contribution in [-0.2, 0) is 28.9 Å². The standard InChI is InChI=1S/C22H27N3O3.ClH/c26-22(16-6-7-19-17(13-16)23-9-11-27-19)25-10-8-20-18(14-25)24-21(28-20)12-15-4-2-1-3-5-15;/h1-5,16-17,19,23H,6-14H2;1H/t16-,17+,19+;/m0./s1. The third-order valence-electron chi connectivity index (χ3n) is 6.26. The molecule has 1 aromatic carbocycles. The number of carbonyl (C=O) groups excluding carboxylic acids is 1. The number of hydrogen-bond acceptors (Lipinski definition) is 5. The Morgan fingerprint density at radius 2 is 2.10 bits per heavy atom. The molecule has 0 bridgehead atoms. The first-order valence-corrected chi connectivity index (χ1v) is 10.4. The van der Waals surface area contributed by atoms with Gasteiger partial charge in [0, 0.05) is 37.9 Å². The number of nitrogens with zero attached hydrogens (tertiary/aromatic N) is 2. The van der Waals surface area contributed by atoms with E-state index in [1.165, 1.54) is 5.56 Å². The van der Waals surface area contributed by atoms with Gasteiger partial charge in [0.1, 0.15) is 11.5 Å². The van der Waals surface area contributed by atoms with Crippen LogP contribution >= 0.6 is 12.4 Å². The first-order chi connectivity index (χ1) is 13.8. The maximum absolute atomic E-state index is 13.1. The molecule has 2 aliphatic heterocycles. The van der Waals surface area contributed by atoms with Crippen LogP contribution in [0, 0.1) is 5.92 Å². The third-order valence-corrected chi connectivity index (χ3v) is 6.26. The molecule has 0 radical (unpaired) electrons. The van der Waals surface area contributed by atoms with Crippen molar-refractivity contribution in [3.8, 4) is 0 Å². The smallest absolute Gasteiger partial charge is 0.226 e. The molecule has 3 atom stereocenters. The molecule has 0 unspecified atom stereocenters. The van der Waals surface area contributed by atoms with E-state index >= 15 is 0 Å². The Morgan fingerprint density at radius 1 is 1.24 bits per heavy atom. The zero-order chi connectivity index (χ0) is 18.9. The van der Waals surface area contributed by atoms with Crippen molar-refractivity contribution >= 4 is 18.3 Å².